The summed E-state index contributed by atoms with van der Waals surface area (Å²) in [4.78, 5) is 30.9. The second-order valence-corrected chi connectivity index (χ2v) is 6.96. The van der Waals surface area contributed by atoms with Crippen molar-refractivity contribution in [3.8, 4) is 0 Å². The zero-order chi connectivity index (χ0) is 18.6. The predicted molar refractivity (Wildman–Crippen MR) is 102 cm³/mol. The first kappa shape index (κ1) is 23.9. The highest BCUT2D eigenvalue weighted by molar-refractivity contribution is 5.72. The van der Waals surface area contributed by atoms with Crippen LogP contribution >= 0.6 is 0 Å². The zero-order valence-corrected chi connectivity index (χ0v) is 16.7. The van der Waals surface area contributed by atoms with Gasteiger partial charge in [0.05, 0.1) is 6.42 Å². The second-order valence-electron chi connectivity index (χ2n) is 6.96. The third kappa shape index (κ3) is 19.1. The number of hydrogen-bond acceptors (Lipinski definition) is 4. The smallest absolute Gasteiger partial charge is 0.247 e. The van der Waals surface area contributed by atoms with Crippen molar-refractivity contribution in [3.05, 3.63) is 0 Å². The Labute approximate surface area is 155 Å². The van der Waals surface area contributed by atoms with E-state index in [-0.39, 0.29) is 6.42 Å². The SMILES string of the molecule is CCCCCCCCCCCCCCCCCC(=O)OOC(=O)CC. The summed E-state index contributed by atoms with van der Waals surface area (Å²) in [6.45, 7) is 3.92. The molecule has 0 aliphatic heterocycles. The number of carbonyl (C=O) groups excluding carboxylic acids is 2. The van der Waals surface area contributed by atoms with Crippen LogP contribution in [0.15, 0.2) is 0 Å². The number of hydrogen-bond donors (Lipinski definition) is 0. The molecule has 0 spiro atoms. The minimum Gasteiger partial charge on any atom is -0.247 e. The van der Waals surface area contributed by atoms with E-state index in [1.54, 1.807) is 6.92 Å². The molecule has 0 saturated carbocycles. The van der Waals surface area contributed by atoms with Crippen LogP contribution in [0.2, 0.25) is 0 Å². The van der Waals surface area contributed by atoms with Gasteiger partial charge in [-0.25, -0.2) is 19.4 Å². The van der Waals surface area contributed by atoms with Gasteiger partial charge in [-0.05, 0) is 6.42 Å². The highest BCUT2D eigenvalue weighted by atomic mass is 17.2. The fourth-order valence-corrected chi connectivity index (χ4v) is 2.83. The Morgan fingerprint density at radius 1 is 0.520 bits per heavy atom. The minimum atomic E-state index is -0.509. The first-order chi connectivity index (χ1) is 12.2. The van der Waals surface area contributed by atoms with Gasteiger partial charge in [0.25, 0.3) is 0 Å². The van der Waals surface area contributed by atoms with Crippen LogP contribution < -0.4 is 0 Å². The second kappa shape index (κ2) is 19.3. The van der Waals surface area contributed by atoms with Crippen molar-refractivity contribution in [2.24, 2.45) is 0 Å². The first-order valence-corrected chi connectivity index (χ1v) is 10.6. The summed E-state index contributed by atoms with van der Waals surface area (Å²) in [5.74, 6) is -0.957. The van der Waals surface area contributed by atoms with Crippen LogP contribution in [-0.2, 0) is 19.4 Å². The first-order valence-electron chi connectivity index (χ1n) is 10.6. The molecule has 0 radical (unpaired) electrons. The molecule has 0 unspecified atom stereocenters. The van der Waals surface area contributed by atoms with Crippen LogP contribution in [0, 0.1) is 0 Å². The Morgan fingerprint density at radius 2 is 0.880 bits per heavy atom. The highest BCUT2D eigenvalue weighted by Gasteiger charge is 2.07. The minimum absolute atomic E-state index is 0.215. The quantitative estimate of drug-likeness (QED) is 0.166. The molecule has 0 N–H and O–H groups in total. The Morgan fingerprint density at radius 3 is 1.28 bits per heavy atom. The molecule has 25 heavy (non-hydrogen) atoms. The molecule has 0 saturated heterocycles. The Hall–Kier alpha value is -1.06. The van der Waals surface area contributed by atoms with Gasteiger partial charge in [0.2, 0.25) is 0 Å². The summed E-state index contributed by atoms with van der Waals surface area (Å²) in [6.07, 6.45) is 20.0. The van der Waals surface area contributed by atoms with Gasteiger partial charge in [0, 0.05) is 6.42 Å². The lowest BCUT2D eigenvalue weighted by atomic mass is 10.0. The third-order valence-corrected chi connectivity index (χ3v) is 4.50. The molecule has 0 aromatic rings. The number of rotatable bonds is 17. The molecule has 4 nitrogen and oxygen atoms in total. The number of unbranched alkanes of at least 4 members (excludes halogenated alkanes) is 14. The molecule has 148 valence electrons. The fourth-order valence-electron chi connectivity index (χ4n) is 2.83. The van der Waals surface area contributed by atoms with E-state index < -0.39 is 11.9 Å². The molecular weight excluding hydrogens is 316 g/mol. The molecule has 0 rings (SSSR count). The van der Waals surface area contributed by atoms with Crippen LogP contribution in [0.4, 0.5) is 0 Å². The summed E-state index contributed by atoms with van der Waals surface area (Å²) < 4.78 is 0. The van der Waals surface area contributed by atoms with Gasteiger partial charge >= 0.3 is 11.9 Å². The van der Waals surface area contributed by atoms with Crippen molar-refractivity contribution in [3.63, 3.8) is 0 Å². The molecule has 0 aromatic carbocycles. The fraction of sp³-hybridized carbons (Fsp3) is 0.905. The normalized spacial score (nSPS) is 10.6. The molecule has 0 aliphatic rings. The average Bonchev–Trinajstić information content (AvgIpc) is 2.62. The predicted octanol–water partition coefficient (Wildman–Crippen LogP) is 6.66. The van der Waals surface area contributed by atoms with E-state index >= 15 is 0 Å². The average molecular weight is 357 g/mol. The van der Waals surface area contributed by atoms with E-state index in [0.29, 0.717) is 6.42 Å². The summed E-state index contributed by atoms with van der Waals surface area (Å²) in [5, 5.41) is 0. The van der Waals surface area contributed by atoms with Crippen LogP contribution in [0.5, 0.6) is 0 Å². The molecule has 0 aliphatic carbocycles. The van der Waals surface area contributed by atoms with Crippen molar-refractivity contribution in [2.45, 2.75) is 123 Å². The molecular formula is C21H40O4. The van der Waals surface area contributed by atoms with Gasteiger partial charge in [0.1, 0.15) is 0 Å². The monoisotopic (exact) mass is 356 g/mol. The maximum Gasteiger partial charge on any atom is 0.355 e. The van der Waals surface area contributed by atoms with Crippen LogP contribution in [-0.4, -0.2) is 11.9 Å². The Balaban J connectivity index is 3.14. The summed E-state index contributed by atoms with van der Waals surface area (Å²) >= 11 is 0. The maximum atomic E-state index is 11.3. The molecule has 4 heteroatoms. The van der Waals surface area contributed by atoms with Gasteiger partial charge in [-0.2, -0.15) is 0 Å². The van der Waals surface area contributed by atoms with E-state index in [1.165, 1.54) is 83.5 Å². The maximum absolute atomic E-state index is 11.3. The van der Waals surface area contributed by atoms with Crippen molar-refractivity contribution in [2.75, 3.05) is 0 Å². The highest BCUT2D eigenvalue weighted by Crippen LogP contribution is 2.13. The third-order valence-electron chi connectivity index (χ3n) is 4.50. The van der Waals surface area contributed by atoms with Gasteiger partial charge in [0.15, 0.2) is 0 Å². The van der Waals surface area contributed by atoms with Gasteiger partial charge in [-0.1, -0.05) is 104 Å². The standard InChI is InChI=1S/C21H40O4/c1-3-5-6-7-8-9-10-11-12-13-14-15-16-17-18-19-21(23)25-24-20(22)4-2/h3-19H2,1-2H3. The molecule has 0 bridgehead atoms. The van der Waals surface area contributed by atoms with Gasteiger partial charge < -0.3 is 0 Å². The summed E-state index contributed by atoms with van der Waals surface area (Å²) in [7, 11) is 0. The largest absolute Gasteiger partial charge is 0.355 e. The van der Waals surface area contributed by atoms with Crippen molar-refractivity contribution in [1.29, 1.82) is 0 Å². The van der Waals surface area contributed by atoms with Crippen LogP contribution in [0.25, 0.3) is 0 Å². The van der Waals surface area contributed by atoms with Crippen LogP contribution in [0.1, 0.15) is 123 Å². The van der Waals surface area contributed by atoms with E-state index in [0.717, 1.165) is 12.8 Å². The molecule has 0 heterocycles. The van der Waals surface area contributed by atoms with Gasteiger partial charge in [-0.3, -0.25) is 0 Å². The van der Waals surface area contributed by atoms with Crippen molar-refractivity contribution < 1.29 is 19.4 Å². The lowest BCUT2D eigenvalue weighted by Crippen LogP contribution is -2.10. The van der Waals surface area contributed by atoms with E-state index in [1.807, 2.05) is 0 Å². The lowest BCUT2D eigenvalue weighted by Gasteiger charge is -2.04. The lowest BCUT2D eigenvalue weighted by molar-refractivity contribution is -0.258. The summed E-state index contributed by atoms with van der Waals surface area (Å²) in [5.41, 5.74) is 0. The summed E-state index contributed by atoms with van der Waals surface area (Å²) in [6, 6.07) is 0. The number of carbonyl (C=O) groups is 2. The molecule has 0 fully saturated rings. The van der Waals surface area contributed by atoms with Crippen molar-refractivity contribution in [1.82, 2.24) is 0 Å². The van der Waals surface area contributed by atoms with E-state index in [2.05, 4.69) is 16.7 Å². The van der Waals surface area contributed by atoms with E-state index in [4.69, 9.17) is 0 Å². The topological polar surface area (TPSA) is 52.6 Å². The molecule has 0 atom stereocenters. The molecule has 0 amide bonds. The molecule has 0 aromatic heterocycles. The van der Waals surface area contributed by atoms with Gasteiger partial charge in [-0.15, -0.1) is 0 Å². The van der Waals surface area contributed by atoms with E-state index in [9.17, 15) is 9.59 Å². The van der Waals surface area contributed by atoms with Crippen molar-refractivity contribution >= 4 is 11.9 Å². The zero-order valence-electron chi connectivity index (χ0n) is 16.7. The van der Waals surface area contributed by atoms with Crippen LogP contribution in [0.3, 0.4) is 0 Å². The Bertz CT molecular complexity index is 315. The Kier molecular flexibility index (Phi) is 18.5.